The van der Waals surface area contributed by atoms with Crippen LogP contribution in [0.3, 0.4) is 0 Å². The van der Waals surface area contributed by atoms with Crippen molar-refractivity contribution in [2.45, 2.75) is 25.1 Å². The van der Waals surface area contributed by atoms with Crippen molar-refractivity contribution in [3.05, 3.63) is 29.8 Å². The molecule has 2 amide bonds. The van der Waals surface area contributed by atoms with E-state index < -0.39 is 17.6 Å². The Morgan fingerprint density at radius 3 is 2.48 bits per heavy atom. The third-order valence-electron chi connectivity index (χ3n) is 6.41. The summed E-state index contributed by atoms with van der Waals surface area (Å²) in [6.45, 7) is 1.73. The number of nitrogens with zero attached hydrogens (tertiary/aromatic N) is 1. The van der Waals surface area contributed by atoms with Crippen molar-refractivity contribution in [2.24, 2.45) is 23.7 Å². The number of hydrogen-bond donors (Lipinski definition) is 3. The standard InChI is InChI=1S/C20H24F3N3O3/c21-20(22,23)12-2-1-3-13(6-12)25-17(28)7-24-19(29)18-15-8-26(9-16(15)18)14-4-11(5-14)10-27/h1-3,6,11,14-16,18,27H,4-5,7-10H2,(H,24,29)(H,25,28)/t11?,14?,15-,16+,18?. The quantitative estimate of drug-likeness (QED) is 0.666. The van der Waals surface area contributed by atoms with Gasteiger partial charge in [0.25, 0.3) is 0 Å². The SMILES string of the molecule is O=C(CNC(=O)C1[C@H]2CN(C3CC(CO)C3)C[C@@H]12)Nc1cccc(C(F)(F)F)c1. The zero-order valence-corrected chi connectivity index (χ0v) is 15.8. The van der Waals surface area contributed by atoms with E-state index in [4.69, 9.17) is 5.11 Å². The van der Waals surface area contributed by atoms with Gasteiger partial charge in [0.15, 0.2) is 0 Å². The zero-order chi connectivity index (χ0) is 20.8. The number of amides is 2. The zero-order valence-electron chi connectivity index (χ0n) is 15.8. The van der Waals surface area contributed by atoms with Gasteiger partial charge in [-0.15, -0.1) is 0 Å². The number of nitrogens with one attached hydrogen (secondary N) is 2. The fraction of sp³-hybridized carbons (Fsp3) is 0.600. The van der Waals surface area contributed by atoms with Crippen LogP contribution in [-0.4, -0.2) is 54.1 Å². The Bertz CT molecular complexity index is 783. The van der Waals surface area contributed by atoms with Crippen LogP contribution in [0.2, 0.25) is 0 Å². The van der Waals surface area contributed by atoms with Gasteiger partial charge < -0.3 is 15.7 Å². The topological polar surface area (TPSA) is 81.7 Å². The second-order valence-electron chi connectivity index (χ2n) is 8.33. The summed E-state index contributed by atoms with van der Waals surface area (Å²) in [5.74, 6) is 0.229. The molecule has 0 radical (unpaired) electrons. The molecule has 6 nitrogen and oxygen atoms in total. The summed E-state index contributed by atoms with van der Waals surface area (Å²) in [5.41, 5.74) is -0.800. The number of hydrogen-bond acceptors (Lipinski definition) is 4. The largest absolute Gasteiger partial charge is 0.416 e. The van der Waals surface area contributed by atoms with Gasteiger partial charge in [-0.2, -0.15) is 13.2 Å². The monoisotopic (exact) mass is 411 g/mol. The number of carbonyl (C=O) groups excluding carboxylic acids is 2. The van der Waals surface area contributed by atoms with Crippen LogP contribution >= 0.6 is 0 Å². The molecule has 2 aliphatic carbocycles. The van der Waals surface area contributed by atoms with Crippen molar-refractivity contribution < 1.29 is 27.9 Å². The number of benzene rings is 1. The molecule has 4 rings (SSSR count). The molecule has 3 N–H and O–H groups in total. The van der Waals surface area contributed by atoms with Gasteiger partial charge in [-0.1, -0.05) is 6.07 Å². The molecular weight excluding hydrogens is 387 g/mol. The molecule has 1 aromatic carbocycles. The minimum atomic E-state index is -4.48. The van der Waals surface area contributed by atoms with Crippen molar-refractivity contribution in [3.8, 4) is 0 Å². The van der Waals surface area contributed by atoms with Gasteiger partial charge in [0.1, 0.15) is 0 Å². The molecule has 0 bridgehead atoms. The molecule has 29 heavy (non-hydrogen) atoms. The van der Waals surface area contributed by atoms with Crippen LogP contribution in [0.4, 0.5) is 18.9 Å². The van der Waals surface area contributed by atoms with E-state index in [1.165, 1.54) is 12.1 Å². The number of fused-ring (bicyclic) bond motifs is 1. The van der Waals surface area contributed by atoms with Crippen LogP contribution in [0, 0.1) is 23.7 Å². The van der Waals surface area contributed by atoms with Gasteiger partial charge in [-0.05, 0) is 48.8 Å². The van der Waals surface area contributed by atoms with E-state index in [1.54, 1.807) is 0 Å². The van der Waals surface area contributed by atoms with Crippen LogP contribution < -0.4 is 10.6 Å². The molecule has 0 aromatic heterocycles. The van der Waals surface area contributed by atoms with Crippen molar-refractivity contribution in [3.63, 3.8) is 0 Å². The average molecular weight is 411 g/mol. The van der Waals surface area contributed by atoms with E-state index in [1.807, 2.05) is 0 Å². The van der Waals surface area contributed by atoms with Gasteiger partial charge in [0.2, 0.25) is 11.8 Å². The summed E-state index contributed by atoms with van der Waals surface area (Å²) in [4.78, 5) is 26.7. The van der Waals surface area contributed by atoms with Crippen LogP contribution in [0.5, 0.6) is 0 Å². The van der Waals surface area contributed by atoms with Crippen LogP contribution in [0.25, 0.3) is 0 Å². The molecule has 0 spiro atoms. The first kappa shape index (κ1) is 20.2. The lowest BCUT2D eigenvalue weighted by Gasteiger charge is -2.41. The number of aliphatic hydroxyl groups is 1. The number of alkyl halides is 3. The second kappa shape index (κ2) is 7.60. The molecule has 1 unspecified atom stereocenters. The van der Waals surface area contributed by atoms with Crippen molar-refractivity contribution in [1.29, 1.82) is 0 Å². The highest BCUT2D eigenvalue weighted by atomic mass is 19.4. The molecule has 1 heterocycles. The molecule has 3 atom stereocenters. The summed E-state index contributed by atoms with van der Waals surface area (Å²) < 4.78 is 38.2. The van der Waals surface area contributed by atoms with Crippen LogP contribution in [0.1, 0.15) is 18.4 Å². The third-order valence-corrected chi connectivity index (χ3v) is 6.41. The molecular formula is C20H24F3N3O3. The van der Waals surface area contributed by atoms with E-state index in [-0.39, 0.29) is 30.7 Å². The molecule has 3 aliphatic rings. The summed E-state index contributed by atoms with van der Waals surface area (Å²) in [6, 6.07) is 4.90. The molecule has 1 saturated heterocycles. The van der Waals surface area contributed by atoms with E-state index in [9.17, 15) is 22.8 Å². The van der Waals surface area contributed by atoms with Crippen molar-refractivity contribution in [1.82, 2.24) is 10.2 Å². The molecule has 1 aromatic rings. The van der Waals surface area contributed by atoms with Crippen LogP contribution in [-0.2, 0) is 15.8 Å². The molecule has 9 heteroatoms. The Morgan fingerprint density at radius 2 is 1.86 bits per heavy atom. The molecule has 3 fully saturated rings. The molecule has 2 saturated carbocycles. The normalized spacial score (nSPS) is 31.0. The lowest BCUT2D eigenvalue weighted by molar-refractivity contribution is -0.137. The lowest BCUT2D eigenvalue weighted by atomic mass is 9.80. The Balaban J connectivity index is 1.19. The van der Waals surface area contributed by atoms with Crippen molar-refractivity contribution >= 4 is 17.5 Å². The summed E-state index contributed by atoms with van der Waals surface area (Å²) in [6.07, 6.45) is -2.45. The van der Waals surface area contributed by atoms with Gasteiger partial charge in [-0.3, -0.25) is 14.5 Å². The highest BCUT2D eigenvalue weighted by Crippen LogP contribution is 2.53. The highest BCUT2D eigenvalue weighted by Gasteiger charge is 2.60. The first-order valence-electron chi connectivity index (χ1n) is 9.86. The van der Waals surface area contributed by atoms with Gasteiger partial charge >= 0.3 is 6.18 Å². The number of halogens is 3. The Labute approximate surface area is 166 Å². The second-order valence-corrected chi connectivity index (χ2v) is 8.33. The van der Waals surface area contributed by atoms with E-state index in [2.05, 4.69) is 15.5 Å². The minimum Gasteiger partial charge on any atom is -0.396 e. The van der Waals surface area contributed by atoms with E-state index in [0.717, 1.165) is 38.1 Å². The smallest absolute Gasteiger partial charge is 0.396 e. The number of carbonyl (C=O) groups is 2. The summed E-state index contributed by atoms with van der Waals surface area (Å²) >= 11 is 0. The number of likely N-dealkylation sites (tertiary alicyclic amines) is 1. The first-order valence-corrected chi connectivity index (χ1v) is 9.86. The number of aliphatic hydroxyl groups excluding tert-OH is 1. The maximum atomic E-state index is 12.7. The predicted octanol–water partition coefficient (Wildman–Crippen LogP) is 1.71. The fourth-order valence-electron chi connectivity index (χ4n) is 4.66. The van der Waals surface area contributed by atoms with E-state index in [0.29, 0.717) is 23.8 Å². The third kappa shape index (κ3) is 4.25. The maximum absolute atomic E-state index is 12.7. The minimum absolute atomic E-state index is 0.0414. The summed E-state index contributed by atoms with van der Waals surface area (Å²) in [5, 5.41) is 14.1. The lowest BCUT2D eigenvalue weighted by Crippen LogP contribution is -2.46. The average Bonchev–Trinajstić information content (AvgIpc) is 3.13. The number of piperidine rings is 1. The maximum Gasteiger partial charge on any atom is 0.416 e. The molecule has 158 valence electrons. The van der Waals surface area contributed by atoms with Crippen LogP contribution in [0.15, 0.2) is 24.3 Å². The number of anilines is 1. The van der Waals surface area contributed by atoms with E-state index >= 15 is 0 Å². The predicted molar refractivity (Wildman–Crippen MR) is 98.7 cm³/mol. The fourth-order valence-corrected chi connectivity index (χ4v) is 4.66. The number of rotatable bonds is 6. The van der Waals surface area contributed by atoms with Crippen molar-refractivity contribution in [2.75, 3.05) is 31.6 Å². The molecule has 1 aliphatic heterocycles. The Morgan fingerprint density at radius 1 is 1.17 bits per heavy atom. The first-order chi connectivity index (χ1) is 13.8. The van der Waals surface area contributed by atoms with Gasteiger partial charge in [0, 0.05) is 37.3 Å². The summed E-state index contributed by atoms with van der Waals surface area (Å²) in [7, 11) is 0. The highest BCUT2D eigenvalue weighted by molar-refractivity contribution is 5.95. The van der Waals surface area contributed by atoms with Gasteiger partial charge in [0.05, 0.1) is 12.1 Å². The van der Waals surface area contributed by atoms with Gasteiger partial charge in [-0.25, -0.2) is 0 Å². The Hall–Kier alpha value is -2.13. The Kier molecular flexibility index (Phi) is 5.29.